The Kier molecular flexibility index (Phi) is 8.15. The molecular formula is C18H26N6O2S. The molecule has 2 rings (SSSR count). The monoisotopic (exact) mass is 390 g/mol. The molecule has 0 saturated carbocycles. The first-order valence-corrected chi connectivity index (χ1v) is 9.50. The van der Waals surface area contributed by atoms with Crippen LogP contribution in [0.2, 0.25) is 0 Å². The molecule has 0 fully saturated rings. The fraction of sp³-hybridized carbons (Fsp3) is 0.444. The van der Waals surface area contributed by atoms with Crippen molar-refractivity contribution in [1.82, 2.24) is 25.5 Å². The van der Waals surface area contributed by atoms with Crippen molar-refractivity contribution in [2.75, 3.05) is 34.3 Å². The van der Waals surface area contributed by atoms with Crippen molar-refractivity contribution < 1.29 is 9.53 Å². The number of methoxy groups -OCH3 is 1. The standard InChI is InChI=1S/C18H26N6O2S/c1-13(26-4)17-23-15(12-27-17)11-24(3)18(19-2)22-9-8-21-16(25)14-6-5-7-20-10-14/h5-7,10,12-13H,8-9,11H2,1-4H3,(H,19,22)(H,21,25). The fourth-order valence-electron chi connectivity index (χ4n) is 2.33. The fourth-order valence-corrected chi connectivity index (χ4v) is 3.18. The highest BCUT2D eigenvalue weighted by atomic mass is 32.1. The quantitative estimate of drug-likeness (QED) is 0.405. The molecule has 146 valence electrons. The normalized spacial score (nSPS) is 12.5. The van der Waals surface area contributed by atoms with Gasteiger partial charge in [-0.15, -0.1) is 11.3 Å². The number of hydrogen-bond acceptors (Lipinski definition) is 6. The predicted octanol–water partition coefficient (Wildman–Crippen LogP) is 1.68. The summed E-state index contributed by atoms with van der Waals surface area (Å²) in [5.41, 5.74) is 1.51. The molecule has 0 aliphatic carbocycles. The molecule has 2 heterocycles. The van der Waals surface area contributed by atoms with Crippen LogP contribution < -0.4 is 10.6 Å². The number of guanidine groups is 1. The van der Waals surface area contributed by atoms with E-state index < -0.39 is 0 Å². The molecule has 0 radical (unpaired) electrons. The number of aromatic nitrogens is 2. The molecule has 0 aliphatic rings. The van der Waals surface area contributed by atoms with Gasteiger partial charge in [-0.05, 0) is 19.1 Å². The van der Waals surface area contributed by atoms with Crippen molar-refractivity contribution in [1.29, 1.82) is 0 Å². The minimum atomic E-state index is -0.143. The number of nitrogens with one attached hydrogen (secondary N) is 2. The van der Waals surface area contributed by atoms with Crippen LogP contribution >= 0.6 is 11.3 Å². The van der Waals surface area contributed by atoms with Crippen molar-refractivity contribution in [2.45, 2.75) is 19.6 Å². The van der Waals surface area contributed by atoms with Gasteiger partial charge in [-0.1, -0.05) is 0 Å². The Morgan fingerprint density at radius 2 is 2.19 bits per heavy atom. The molecule has 2 aromatic heterocycles. The van der Waals surface area contributed by atoms with Gasteiger partial charge in [-0.2, -0.15) is 0 Å². The molecule has 27 heavy (non-hydrogen) atoms. The smallest absolute Gasteiger partial charge is 0.252 e. The Hall–Kier alpha value is -2.52. The number of pyridine rings is 1. The molecular weight excluding hydrogens is 364 g/mol. The first-order valence-electron chi connectivity index (χ1n) is 8.62. The number of aliphatic imine (C=N–C) groups is 1. The lowest BCUT2D eigenvalue weighted by Crippen LogP contribution is -2.42. The minimum absolute atomic E-state index is 0.00470. The van der Waals surface area contributed by atoms with E-state index >= 15 is 0 Å². The van der Waals surface area contributed by atoms with Gasteiger partial charge in [0.25, 0.3) is 5.91 Å². The number of amides is 1. The van der Waals surface area contributed by atoms with E-state index in [2.05, 4.69) is 25.6 Å². The molecule has 1 amide bonds. The van der Waals surface area contributed by atoms with Crippen LogP contribution in [0.25, 0.3) is 0 Å². The van der Waals surface area contributed by atoms with Crippen LogP contribution in [0.1, 0.15) is 34.1 Å². The highest BCUT2D eigenvalue weighted by molar-refractivity contribution is 7.09. The third-order valence-electron chi connectivity index (χ3n) is 3.86. The van der Waals surface area contributed by atoms with Gasteiger partial charge in [0.1, 0.15) is 11.1 Å². The predicted molar refractivity (Wildman–Crippen MR) is 107 cm³/mol. The Labute approximate surface area is 163 Å². The van der Waals surface area contributed by atoms with Gasteiger partial charge in [0, 0.05) is 52.1 Å². The summed E-state index contributed by atoms with van der Waals surface area (Å²) < 4.78 is 5.30. The van der Waals surface area contributed by atoms with Crippen molar-refractivity contribution in [3.05, 3.63) is 46.2 Å². The first-order chi connectivity index (χ1) is 13.0. The van der Waals surface area contributed by atoms with Crippen molar-refractivity contribution >= 4 is 23.2 Å². The molecule has 0 bridgehead atoms. The molecule has 8 nitrogen and oxygen atoms in total. The van der Waals surface area contributed by atoms with E-state index in [0.717, 1.165) is 16.7 Å². The molecule has 0 saturated heterocycles. The first kappa shape index (κ1) is 20.8. The minimum Gasteiger partial charge on any atom is -0.375 e. The Bertz CT molecular complexity index is 749. The van der Waals surface area contributed by atoms with Gasteiger partial charge in [0.05, 0.1) is 17.8 Å². The van der Waals surface area contributed by atoms with Crippen LogP contribution in [0.4, 0.5) is 0 Å². The second-order valence-corrected chi connectivity index (χ2v) is 6.77. The summed E-state index contributed by atoms with van der Waals surface area (Å²) in [6.45, 7) is 3.65. The summed E-state index contributed by atoms with van der Waals surface area (Å²) in [6, 6.07) is 3.47. The average molecular weight is 391 g/mol. The van der Waals surface area contributed by atoms with Crippen LogP contribution in [-0.2, 0) is 11.3 Å². The van der Waals surface area contributed by atoms with Crippen LogP contribution in [0.3, 0.4) is 0 Å². The molecule has 2 N–H and O–H groups in total. The molecule has 0 aromatic carbocycles. The summed E-state index contributed by atoms with van der Waals surface area (Å²) in [7, 11) is 5.35. The Morgan fingerprint density at radius 1 is 1.41 bits per heavy atom. The van der Waals surface area contributed by atoms with Gasteiger partial charge in [-0.25, -0.2) is 4.98 Å². The van der Waals surface area contributed by atoms with Crippen LogP contribution in [0.5, 0.6) is 0 Å². The number of thiazole rings is 1. The van der Waals surface area contributed by atoms with E-state index in [0.29, 0.717) is 25.2 Å². The number of carbonyl (C=O) groups excluding carboxylic acids is 1. The van der Waals surface area contributed by atoms with Crippen LogP contribution in [0.15, 0.2) is 34.9 Å². The molecule has 2 aromatic rings. The number of nitrogens with zero attached hydrogens (tertiary/aromatic N) is 4. The van der Waals surface area contributed by atoms with E-state index in [1.165, 1.54) is 0 Å². The largest absolute Gasteiger partial charge is 0.375 e. The third-order valence-corrected chi connectivity index (χ3v) is 4.92. The van der Waals surface area contributed by atoms with Crippen LogP contribution in [0, 0.1) is 0 Å². The van der Waals surface area contributed by atoms with Gasteiger partial charge >= 0.3 is 0 Å². The molecule has 1 unspecified atom stereocenters. The SMILES string of the molecule is CN=C(NCCNC(=O)c1cccnc1)N(C)Cc1csc(C(C)OC)n1. The second kappa shape index (κ2) is 10.6. The molecule has 9 heteroatoms. The summed E-state index contributed by atoms with van der Waals surface area (Å²) in [6.07, 6.45) is 3.18. The lowest BCUT2D eigenvalue weighted by molar-refractivity contribution is 0.0954. The number of ether oxygens (including phenoxy) is 1. The Morgan fingerprint density at radius 3 is 2.85 bits per heavy atom. The zero-order valence-electron chi connectivity index (χ0n) is 16.1. The van der Waals surface area contributed by atoms with Crippen LogP contribution in [-0.4, -0.2) is 61.0 Å². The molecule has 0 spiro atoms. The summed E-state index contributed by atoms with van der Waals surface area (Å²) >= 11 is 1.59. The van der Waals surface area contributed by atoms with Gasteiger partial charge in [0.2, 0.25) is 0 Å². The van der Waals surface area contributed by atoms with Crippen molar-refractivity contribution in [2.24, 2.45) is 4.99 Å². The molecule has 1 atom stereocenters. The lowest BCUT2D eigenvalue weighted by Gasteiger charge is -2.21. The summed E-state index contributed by atoms with van der Waals surface area (Å²) in [5, 5.41) is 9.07. The van der Waals surface area contributed by atoms with E-state index in [4.69, 9.17) is 4.74 Å². The molecule has 0 aliphatic heterocycles. The van der Waals surface area contributed by atoms with Gasteiger partial charge in [0.15, 0.2) is 5.96 Å². The summed E-state index contributed by atoms with van der Waals surface area (Å²) in [5.74, 6) is 0.593. The Balaban J connectivity index is 1.77. The van der Waals surface area contributed by atoms with E-state index in [-0.39, 0.29) is 12.0 Å². The highest BCUT2D eigenvalue weighted by Gasteiger charge is 2.12. The van der Waals surface area contributed by atoms with Gasteiger partial charge in [-0.3, -0.25) is 14.8 Å². The van der Waals surface area contributed by atoms with Crippen molar-refractivity contribution in [3.8, 4) is 0 Å². The van der Waals surface area contributed by atoms with Crippen molar-refractivity contribution in [3.63, 3.8) is 0 Å². The zero-order valence-corrected chi connectivity index (χ0v) is 16.9. The maximum atomic E-state index is 12.0. The maximum Gasteiger partial charge on any atom is 0.252 e. The summed E-state index contributed by atoms with van der Waals surface area (Å²) in [4.78, 5) is 26.8. The van der Waals surface area contributed by atoms with E-state index in [9.17, 15) is 4.79 Å². The van der Waals surface area contributed by atoms with E-state index in [1.807, 2.05) is 24.3 Å². The third kappa shape index (κ3) is 6.30. The second-order valence-electron chi connectivity index (χ2n) is 5.88. The highest BCUT2D eigenvalue weighted by Crippen LogP contribution is 2.20. The average Bonchev–Trinajstić information content (AvgIpc) is 3.16. The van der Waals surface area contributed by atoms with E-state index in [1.54, 1.807) is 50.0 Å². The number of hydrogen-bond donors (Lipinski definition) is 2. The maximum absolute atomic E-state index is 12.0. The topological polar surface area (TPSA) is 91.7 Å². The lowest BCUT2D eigenvalue weighted by atomic mass is 10.3. The zero-order chi connectivity index (χ0) is 19.6. The van der Waals surface area contributed by atoms with Gasteiger partial charge < -0.3 is 20.3 Å². The number of rotatable bonds is 8. The number of carbonyl (C=O) groups is 1.